The Labute approximate surface area is 130 Å². The van der Waals surface area contributed by atoms with Crippen molar-refractivity contribution in [3.05, 3.63) is 51.7 Å². The zero-order valence-electron chi connectivity index (χ0n) is 12.6. The van der Waals surface area contributed by atoms with Gasteiger partial charge in [0.05, 0.1) is 0 Å². The predicted octanol–water partition coefficient (Wildman–Crippen LogP) is 4.07. The Morgan fingerprint density at radius 3 is 2.67 bits per heavy atom. The lowest BCUT2D eigenvalue weighted by atomic mass is 10.2. The lowest BCUT2D eigenvalue weighted by Crippen LogP contribution is -2.22. The molecule has 0 fully saturated rings. The number of nitriles is 1. The van der Waals surface area contributed by atoms with Crippen LogP contribution in [0.25, 0.3) is 0 Å². The van der Waals surface area contributed by atoms with E-state index in [4.69, 9.17) is 5.26 Å². The summed E-state index contributed by atoms with van der Waals surface area (Å²) in [6, 6.07) is 14.6. The van der Waals surface area contributed by atoms with Crippen LogP contribution in [0.15, 0.2) is 36.4 Å². The highest BCUT2D eigenvalue weighted by molar-refractivity contribution is 7.12. The number of anilines is 1. The number of benzene rings is 1. The molecule has 1 aromatic carbocycles. The number of hydrogen-bond donors (Lipinski definition) is 1. The van der Waals surface area contributed by atoms with Crippen molar-refractivity contribution < 1.29 is 0 Å². The number of thiophene rings is 1. The molecule has 110 valence electrons. The molecule has 2 aromatic rings. The fourth-order valence-corrected chi connectivity index (χ4v) is 2.95. The Hall–Kier alpha value is -1.83. The minimum atomic E-state index is 0.765. The van der Waals surface area contributed by atoms with Crippen LogP contribution < -0.4 is 5.32 Å². The molecular weight excluding hydrogens is 278 g/mol. The van der Waals surface area contributed by atoms with Crippen molar-refractivity contribution in [3.63, 3.8) is 0 Å². The molecule has 21 heavy (non-hydrogen) atoms. The average Bonchev–Trinajstić information content (AvgIpc) is 2.99. The molecule has 0 atom stereocenters. The van der Waals surface area contributed by atoms with Crippen molar-refractivity contribution in [1.82, 2.24) is 4.90 Å². The molecule has 0 unspecified atom stereocenters. The fraction of sp³-hybridized carbons (Fsp3) is 0.353. The summed E-state index contributed by atoms with van der Waals surface area (Å²) in [5.41, 5.74) is 2.46. The molecule has 1 N–H and O–H groups in total. The summed E-state index contributed by atoms with van der Waals surface area (Å²) in [6.45, 7) is 8.27. The van der Waals surface area contributed by atoms with Gasteiger partial charge in [-0.15, -0.1) is 11.3 Å². The van der Waals surface area contributed by atoms with E-state index in [2.05, 4.69) is 54.4 Å². The summed E-state index contributed by atoms with van der Waals surface area (Å²) in [5.74, 6) is 0. The van der Waals surface area contributed by atoms with Crippen LogP contribution in [-0.2, 0) is 13.1 Å². The van der Waals surface area contributed by atoms with E-state index in [9.17, 15) is 0 Å². The zero-order valence-corrected chi connectivity index (χ0v) is 13.4. The molecular formula is C17H21N3S. The van der Waals surface area contributed by atoms with Crippen molar-refractivity contribution in [2.45, 2.75) is 26.9 Å². The molecule has 0 aliphatic rings. The van der Waals surface area contributed by atoms with Crippen LogP contribution in [-0.4, -0.2) is 18.0 Å². The van der Waals surface area contributed by atoms with Gasteiger partial charge in [-0.05, 0) is 42.9 Å². The molecule has 1 aromatic heterocycles. The van der Waals surface area contributed by atoms with E-state index in [-0.39, 0.29) is 0 Å². The van der Waals surface area contributed by atoms with Gasteiger partial charge >= 0.3 is 0 Å². The highest BCUT2D eigenvalue weighted by atomic mass is 32.1. The lowest BCUT2D eigenvalue weighted by molar-refractivity contribution is 0.296. The van der Waals surface area contributed by atoms with Crippen LogP contribution in [0.3, 0.4) is 0 Å². The SMILES string of the molecule is CCN(CC)Cc1cccc(NCc2ccc(C#N)s2)c1. The maximum atomic E-state index is 8.84. The second-order valence-electron chi connectivity index (χ2n) is 4.89. The summed E-state index contributed by atoms with van der Waals surface area (Å²) in [6.07, 6.45) is 0. The second-order valence-corrected chi connectivity index (χ2v) is 6.06. The highest BCUT2D eigenvalue weighted by Crippen LogP contribution is 2.18. The van der Waals surface area contributed by atoms with Crippen LogP contribution in [0.1, 0.15) is 29.2 Å². The Morgan fingerprint density at radius 1 is 1.19 bits per heavy atom. The van der Waals surface area contributed by atoms with Gasteiger partial charge in [-0.25, -0.2) is 0 Å². The van der Waals surface area contributed by atoms with E-state index in [0.717, 1.165) is 36.7 Å². The summed E-state index contributed by atoms with van der Waals surface area (Å²) in [4.78, 5) is 4.35. The number of nitrogens with one attached hydrogen (secondary N) is 1. The summed E-state index contributed by atoms with van der Waals surface area (Å²) >= 11 is 1.54. The molecule has 2 rings (SSSR count). The first-order chi connectivity index (χ1) is 10.2. The van der Waals surface area contributed by atoms with Crippen LogP contribution >= 0.6 is 11.3 Å². The van der Waals surface area contributed by atoms with Gasteiger partial charge in [0, 0.05) is 23.7 Å². The Balaban J connectivity index is 1.96. The number of nitrogens with zero attached hydrogens (tertiary/aromatic N) is 2. The van der Waals surface area contributed by atoms with Gasteiger partial charge in [0.15, 0.2) is 0 Å². The molecule has 0 aliphatic carbocycles. The van der Waals surface area contributed by atoms with Crippen molar-refractivity contribution in [1.29, 1.82) is 5.26 Å². The second kappa shape index (κ2) is 7.82. The van der Waals surface area contributed by atoms with Crippen molar-refractivity contribution >= 4 is 17.0 Å². The minimum absolute atomic E-state index is 0.765. The maximum Gasteiger partial charge on any atom is 0.110 e. The molecule has 0 amide bonds. The van der Waals surface area contributed by atoms with E-state index in [1.807, 2.05) is 12.1 Å². The van der Waals surface area contributed by atoms with Crippen molar-refractivity contribution in [3.8, 4) is 6.07 Å². The standard InChI is InChI=1S/C17H21N3S/c1-3-20(4-2)13-14-6-5-7-15(10-14)19-12-17-9-8-16(11-18)21-17/h5-10,19H,3-4,12-13H2,1-2H3. The Bertz CT molecular complexity index is 608. The summed E-state index contributed by atoms with van der Waals surface area (Å²) < 4.78 is 0. The van der Waals surface area contributed by atoms with Crippen molar-refractivity contribution in [2.75, 3.05) is 18.4 Å². The maximum absolute atomic E-state index is 8.84. The van der Waals surface area contributed by atoms with Crippen molar-refractivity contribution in [2.24, 2.45) is 0 Å². The fourth-order valence-electron chi connectivity index (χ4n) is 2.21. The molecule has 0 spiro atoms. The molecule has 3 nitrogen and oxygen atoms in total. The van der Waals surface area contributed by atoms with Gasteiger partial charge in [0.1, 0.15) is 10.9 Å². The first kappa shape index (κ1) is 15.6. The van der Waals surface area contributed by atoms with Gasteiger partial charge in [-0.1, -0.05) is 26.0 Å². The molecule has 0 aliphatic heterocycles. The van der Waals surface area contributed by atoms with Gasteiger partial charge in [-0.3, -0.25) is 4.90 Å². The van der Waals surface area contributed by atoms with E-state index in [1.165, 1.54) is 10.4 Å². The topological polar surface area (TPSA) is 39.1 Å². The molecule has 0 saturated heterocycles. The number of hydrogen-bond acceptors (Lipinski definition) is 4. The van der Waals surface area contributed by atoms with Crippen LogP contribution in [0, 0.1) is 11.3 Å². The average molecular weight is 299 g/mol. The van der Waals surface area contributed by atoms with Gasteiger partial charge in [0.2, 0.25) is 0 Å². The molecule has 0 saturated carbocycles. The minimum Gasteiger partial charge on any atom is -0.380 e. The largest absolute Gasteiger partial charge is 0.380 e. The van der Waals surface area contributed by atoms with E-state index < -0.39 is 0 Å². The molecule has 4 heteroatoms. The smallest absolute Gasteiger partial charge is 0.110 e. The Kier molecular flexibility index (Phi) is 5.79. The van der Waals surface area contributed by atoms with E-state index in [0.29, 0.717) is 0 Å². The van der Waals surface area contributed by atoms with Crippen LogP contribution in [0.2, 0.25) is 0 Å². The Morgan fingerprint density at radius 2 is 2.00 bits per heavy atom. The van der Waals surface area contributed by atoms with E-state index in [1.54, 1.807) is 11.3 Å². The van der Waals surface area contributed by atoms with Gasteiger partial charge in [-0.2, -0.15) is 5.26 Å². The zero-order chi connectivity index (χ0) is 15.1. The number of rotatable bonds is 7. The predicted molar refractivity (Wildman–Crippen MR) is 89.4 cm³/mol. The monoisotopic (exact) mass is 299 g/mol. The quantitative estimate of drug-likeness (QED) is 0.837. The van der Waals surface area contributed by atoms with Crippen LogP contribution in [0.4, 0.5) is 5.69 Å². The first-order valence-corrected chi connectivity index (χ1v) is 8.10. The van der Waals surface area contributed by atoms with E-state index >= 15 is 0 Å². The first-order valence-electron chi connectivity index (χ1n) is 7.29. The summed E-state index contributed by atoms with van der Waals surface area (Å²) in [7, 11) is 0. The third-order valence-electron chi connectivity index (χ3n) is 3.47. The normalized spacial score (nSPS) is 10.6. The third kappa shape index (κ3) is 4.59. The molecule has 1 heterocycles. The van der Waals surface area contributed by atoms with Crippen LogP contribution in [0.5, 0.6) is 0 Å². The van der Waals surface area contributed by atoms with Gasteiger partial charge in [0.25, 0.3) is 0 Å². The summed E-state index contributed by atoms with van der Waals surface area (Å²) in [5, 5.41) is 12.3. The molecule has 0 radical (unpaired) electrons. The highest BCUT2D eigenvalue weighted by Gasteiger charge is 2.03. The lowest BCUT2D eigenvalue weighted by Gasteiger charge is -2.18. The van der Waals surface area contributed by atoms with Gasteiger partial charge < -0.3 is 5.32 Å². The third-order valence-corrected chi connectivity index (χ3v) is 4.46. The molecule has 0 bridgehead atoms.